The Labute approximate surface area is 177 Å². The summed E-state index contributed by atoms with van der Waals surface area (Å²) in [5.74, 6) is 0.0471. The highest BCUT2D eigenvalue weighted by molar-refractivity contribution is 6.14. The van der Waals surface area contributed by atoms with Gasteiger partial charge >= 0.3 is 0 Å². The third-order valence-corrected chi connectivity index (χ3v) is 6.10. The highest BCUT2D eigenvalue weighted by Crippen LogP contribution is 2.31. The van der Waals surface area contributed by atoms with Crippen LogP contribution in [0.5, 0.6) is 0 Å². The number of pyridine rings is 1. The summed E-state index contributed by atoms with van der Waals surface area (Å²) in [7, 11) is 0. The van der Waals surface area contributed by atoms with Crippen LogP contribution in [0, 0.1) is 13.8 Å². The average molecular weight is 393 g/mol. The molecule has 0 aliphatic carbocycles. The van der Waals surface area contributed by atoms with E-state index in [0.29, 0.717) is 5.56 Å². The lowest BCUT2D eigenvalue weighted by molar-refractivity contribution is 0.0986. The lowest BCUT2D eigenvalue weighted by atomic mass is 9.98. The number of aryl methyl sites for hydroxylation is 3. The van der Waals surface area contributed by atoms with Crippen LogP contribution in [0.3, 0.4) is 0 Å². The maximum atomic E-state index is 13.8. The van der Waals surface area contributed by atoms with Crippen LogP contribution in [-0.4, -0.2) is 17.4 Å². The first-order valence-electron chi connectivity index (χ1n) is 10.5. The van der Waals surface area contributed by atoms with Crippen molar-refractivity contribution in [3.8, 4) is 11.3 Å². The SMILES string of the molecule is Cc1ccc(-c2cc(C(=O)N3CCCc4ccccc43)c3ccccc3n2)cc1C. The fourth-order valence-electron chi connectivity index (χ4n) is 4.29. The molecule has 0 bridgehead atoms. The molecule has 0 fully saturated rings. The number of anilines is 1. The largest absolute Gasteiger partial charge is 0.308 e. The van der Waals surface area contributed by atoms with Gasteiger partial charge in [-0.2, -0.15) is 0 Å². The minimum atomic E-state index is 0.0471. The molecule has 0 spiro atoms. The molecule has 30 heavy (non-hydrogen) atoms. The smallest absolute Gasteiger partial charge is 0.259 e. The molecular formula is C27H24N2O. The highest BCUT2D eigenvalue weighted by atomic mass is 16.2. The van der Waals surface area contributed by atoms with Gasteiger partial charge in [0.05, 0.1) is 16.8 Å². The second kappa shape index (κ2) is 7.42. The third-order valence-electron chi connectivity index (χ3n) is 6.10. The Morgan fingerprint density at radius 1 is 0.900 bits per heavy atom. The van der Waals surface area contributed by atoms with Crippen LogP contribution in [0.15, 0.2) is 72.8 Å². The lowest BCUT2D eigenvalue weighted by Crippen LogP contribution is -2.35. The minimum absolute atomic E-state index is 0.0471. The number of aromatic nitrogens is 1. The van der Waals surface area contributed by atoms with Gasteiger partial charge in [0.1, 0.15) is 0 Å². The highest BCUT2D eigenvalue weighted by Gasteiger charge is 2.25. The number of nitrogens with zero attached hydrogens (tertiary/aromatic N) is 2. The maximum Gasteiger partial charge on any atom is 0.259 e. The summed E-state index contributed by atoms with van der Waals surface area (Å²) in [5, 5.41) is 0.901. The van der Waals surface area contributed by atoms with Crippen molar-refractivity contribution in [3.05, 3.63) is 95.1 Å². The van der Waals surface area contributed by atoms with Gasteiger partial charge in [-0.25, -0.2) is 4.98 Å². The van der Waals surface area contributed by atoms with Gasteiger partial charge in [-0.1, -0.05) is 48.5 Å². The number of rotatable bonds is 2. The van der Waals surface area contributed by atoms with Gasteiger partial charge in [0.15, 0.2) is 0 Å². The molecule has 3 heteroatoms. The molecule has 1 aliphatic heterocycles. The molecular weight excluding hydrogens is 368 g/mol. The fourth-order valence-corrected chi connectivity index (χ4v) is 4.29. The van der Waals surface area contributed by atoms with Gasteiger partial charge in [-0.05, 0) is 67.6 Å². The van der Waals surface area contributed by atoms with Gasteiger partial charge in [-0.15, -0.1) is 0 Å². The first-order chi connectivity index (χ1) is 14.6. The van der Waals surface area contributed by atoms with Gasteiger partial charge in [0.25, 0.3) is 5.91 Å². The number of carbonyl (C=O) groups excluding carboxylic acids is 1. The summed E-state index contributed by atoms with van der Waals surface area (Å²) in [6.45, 7) is 4.96. The van der Waals surface area contributed by atoms with Crippen molar-refractivity contribution in [3.63, 3.8) is 0 Å². The van der Waals surface area contributed by atoms with Gasteiger partial charge in [0, 0.05) is 23.2 Å². The summed E-state index contributed by atoms with van der Waals surface area (Å²) in [6.07, 6.45) is 2.00. The van der Waals surface area contributed by atoms with E-state index in [9.17, 15) is 4.79 Å². The van der Waals surface area contributed by atoms with Crippen molar-refractivity contribution in [2.45, 2.75) is 26.7 Å². The first-order valence-corrected chi connectivity index (χ1v) is 10.5. The van der Waals surface area contributed by atoms with Crippen molar-refractivity contribution in [2.75, 3.05) is 11.4 Å². The molecule has 3 nitrogen and oxygen atoms in total. The fraction of sp³-hybridized carbons (Fsp3) is 0.185. The molecule has 5 rings (SSSR count). The van der Waals surface area contributed by atoms with E-state index in [1.165, 1.54) is 16.7 Å². The molecule has 1 amide bonds. The van der Waals surface area contributed by atoms with E-state index < -0.39 is 0 Å². The Kier molecular flexibility index (Phi) is 4.59. The monoisotopic (exact) mass is 392 g/mol. The van der Waals surface area contributed by atoms with Crippen LogP contribution < -0.4 is 4.90 Å². The van der Waals surface area contributed by atoms with Crippen molar-refractivity contribution < 1.29 is 4.79 Å². The summed E-state index contributed by atoms with van der Waals surface area (Å²) >= 11 is 0. The predicted molar refractivity (Wildman–Crippen MR) is 123 cm³/mol. The number of hydrogen-bond acceptors (Lipinski definition) is 2. The molecule has 0 saturated heterocycles. The van der Waals surface area contributed by atoms with Crippen LogP contribution in [0.25, 0.3) is 22.2 Å². The predicted octanol–water partition coefficient (Wildman–Crippen LogP) is 6.11. The van der Waals surface area contributed by atoms with Crippen molar-refractivity contribution in [1.29, 1.82) is 0 Å². The molecule has 1 aromatic heterocycles. The molecule has 0 saturated carbocycles. The molecule has 148 valence electrons. The van der Waals surface area contributed by atoms with Crippen LogP contribution in [-0.2, 0) is 6.42 Å². The third kappa shape index (κ3) is 3.17. The summed E-state index contributed by atoms with van der Waals surface area (Å²) in [5.41, 5.74) is 8.18. The quantitative estimate of drug-likeness (QED) is 0.412. The minimum Gasteiger partial charge on any atom is -0.308 e. The number of carbonyl (C=O) groups is 1. The lowest BCUT2D eigenvalue weighted by Gasteiger charge is -2.30. The van der Waals surface area contributed by atoms with Gasteiger partial charge < -0.3 is 4.90 Å². The molecule has 2 heterocycles. The molecule has 0 unspecified atom stereocenters. The van der Waals surface area contributed by atoms with E-state index in [1.807, 2.05) is 47.4 Å². The average Bonchev–Trinajstić information content (AvgIpc) is 2.79. The molecule has 0 atom stereocenters. The molecule has 4 aromatic rings. The van der Waals surface area contributed by atoms with Crippen molar-refractivity contribution >= 4 is 22.5 Å². The Morgan fingerprint density at radius 3 is 2.57 bits per heavy atom. The summed E-state index contributed by atoms with van der Waals surface area (Å²) in [6, 6.07) is 24.5. The maximum absolute atomic E-state index is 13.8. The number of para-hydroxylation sites is 2. The number of fused-ring (bicyclic) bond motifs is 2. The van der Waals surface area contributed by atoms with Crippen LogP contribution >= 0.6 is 0 Å². The van der Waals surface area contributed by atoms with Crippen molar-refractivity contribution in [2.24, 2.45) is 0 Å². The topological polar surface area (TPSA) is 33.2 Å². The van der Waals surface area contributed by atoms with E-state index in [4.69, 9.17) is 4.98 Å². The summed E-state index contributed by atoms with van der Waals surface area (Å²) < 4.78 is 0. The molecule has 0 N–H and O–H groups in total. The summed E-state index contributed by atoms with van der Waals surface area (Å²) in [4.78, 5) is 20.6. The first kappa shape index (κ1) is 18.6. The van der Waals surface area contributed by atoms with Crippen LogP contribution in [0.1, 0.15) is 33.5 Å². The van der Waals surface area contributed by atoms with Gasteiger partial charge in [-0.3, -0.25) is 4.79 Å². The molecule has 0 radical (unpaired) electrons. The van der Waals surface area contributed by atoms with E-state index in [0.717, 1.165) is 47.2 Å². The Balaban J connectivity index is 1.67. The number of hydrogen-bond donors (Lipinski definition) is 0. The van der Waals surface area contributed by atoms with Crippen LogP contribution in [0.2, 0.25) is 0 Å². The van der Waals surface area contributed by atoms with E-state index in [-0.39, 0.29) is 5.91 Å². The van der Waals surface area contributed by atoms with E-state index in [2.05, 4.69) is 44.2 Å². The Bertz CT molecular complexity index is 1280. The number of benzene rings is 3. The Morgan fingerprint density at radius 2 is 1.70 bits per heavy atom. The normalized spacial score (nSPS) is 13.3. The second-order valence-corrected chi connectivity index (χ2v) is 8.06. The van der Waals surface area contributed by atoms with Gasteiger partial charge in [0.2, 0.25) is 0 Å². The van der Waals surface area contributed by atoms with Crippen LogP contribution in [0.4, 0.5) is 5.69 Å². The van der Waals surface area contributed by atoms with Crippen molar-refractivity contribution in [1.82, 2.24) is 4.98 Å². The van der Waals surface area contributed by atoms with E-state index in [1.54, 1.807) is 0 Å². The zero-order valence-corrected chi connectivity index (χ0v) is 17.4. The molecule has 1 aliphatic rings. The standard InChI is InChI=1S/C27H24N2O/c1-18-13-14-21(16-19(18)2)25-17-23(22-10-4-5-11-24(22)28-25)27(30)29-15-7-9-20-8-3-6-12-26(20)29/h3-6,8,10-14,16-17H,7,9,15H2,1-2H3. The molecule has 3 aromatic carbocycles. The zero-order chi connectivity index (χ0) is 20.7. The Hall–Kier alpha value is -3.46. The number of amides is 1. The van der Waals surface area contributed by atoms with E-state index >= 15 is 0 Å². The zero-order valence-electron chi connectivity index (χ0n) is 17.4. The second-order valence-electron chi connectivity index (χ2n) is 8.06.